The summed E-state index contributed by atoms with van der Waals surface area (Å²) < 4.78 is 27.6. The first kappa shape index (κ1) is 21.3. The van der Waals surface area contributed by atoms with Crippen molar-refractivity contribution in [1.29, 1.82) is 0 Å². The van der Waals surface area contributed by atoms with E-state index in [0.717, 1.165) is 17.5 Å². The molecule has 1 aromatic rings. The SMILES string of the molecule is Cc1ccc(C)c(S(=O)(=O)N2CCN(CC(=O)N[C@H]3CCCC[C@H]3C)CC2)c1. The first-order chi connectivity index (χ1) is 13.3. The van der Waals surface area contributed by atoms with Gasteiger partial charge in [0.05, 0.1) is 11.4 Å². The third kappa shape index (κ3) is 4.93. The molecule has 2 atom stereocenters. The Hall–Kier alpha value is -1.44. The number of aryl methyl sites for hydroxylation is 2. The van der Waals surface area contributed by atoms with Crippen LogP contribution in [0.3, 0.4) is 0 Å². The van der Waals surface area contributed by atoms with Crippen molar-refractivity contribution >= 4 is 15.9 Å². The van der Waals surface area contributed by atoms with E-state index >= 15 is 0 Å². The van der Waals surface area contributed by atoms with Gasteiger partial charge in [-0.1, -0.05) is 31.9 Å². The number of rotatable bonds is 5. The molecule has 2 aliphatic rings. The molecule has 1 aliphatic heterocycles. The molecule has 7 heteroatoms. The van der Waals surface area contributed by atoms with Crippen LogP contribution in [0.5, 0.6) is 0 Å². The molecule has 3 rings (SSSR count). The van der Waals surface area contributed by atoms with Crippen molar-refractivity contribution in [3.05, 3.63) is 29.3 Å². The van der Waals surface area contributed by atoms with Gasteiger partial charge in [-0.15, -0.1) is 0 Å². The van der Waals surface area contributed by atoms with Crippen LogP contribution in [0.2, 0.25) is 0 Å². The van der Waals surface area contributed by atoms with Crippen molar-refractivity contribution in [2.45, 2.75) is 57.4 Å². The molecule has 1 N–H and O–H groups in total. The number of nitrogens with one attached hydrogen (secondary N) is 1. The average molecular weight is 408 g/mol. The smallest absolute Gasteiger partial charge is 0.243 e. The summed E-state index contributed by atoms with van der Waals surface area (Å²) in [4.78, 5) is 14.9. The summed E-state index contributed by atoms with van der Waals surface area (Å²) >= 11 is 0. The van der Waals surface area contributed by atoms with Gasteiger partial charge in [-0.3, -0.25) is 9.69 Å². The largest absolute Gasteiger partial charge is 0.352 e. The van der Waals surface area contributed by atoms with Crippen LogP contribution >= 0.6 is 0 Å². The van der Waals surface area contributed by atoms with E-state index in [1.165, 1.54) is 19.3 Å². The van der Waals surface area contributed by atoms with Crippen LogP contribution in [0.1, 0.15) is 43.7 Å². The van der Waals surface area contributed by atoms with E-state index in [-0.39, 0.29) is 11.9 Å². The van der Waals surface area contributed by atoms with Crippen LogP contribution in [0, 0.1) is 19.8 Å². The second kappa shape index (κ2) is 8.93. The first-order valence-corrected chi connectivity index (χ1v) is 11.8. The molecule has 6 nitrogen and oxygen atoms in total. The fourth-order valence-corrected chi connectivity index (χ4v) is 5.97. The number of nitrogens with zero attached hydrogens (tertiary/aromatic N) is 2. The normalized spacial score (nSPS) is 24.8. The van der Waals surface area contributed by atoms with Crippen LogP contribution in [0.15, 0.2) is 23.1 Å². The van der Waals surface area contributed by atoms with Gasteiger partial charge in [0.1, 0.15) is 0 Å². The van der Waals surface area contributed by atoms with Crippen LogP contribution in [-0.2, 0) is 14.8 Å². The molecule has 156 valence electrons. The van der Waals surface area contributed by atoms with Gasteiger partial charge in [-0.05, 0) is 49.8 Å². The Morgan fingerprint density at radius 3 is 2.46 bits per heavy atom. The minimum Gasteiger partial charge on any atom is -0.352 e. The molecular weight excluding hydrogens is 374 g/mol. The third-order valence-electron chi connectivity index (χ3n) is 6.12. The van der Waals surface area contributed by atoms with Crippen LogP contribution in [0.25, 0.3) is 0 Å². The molecule has 0 radical (unpaired) electrons. The minimum absolute atomic E-state index is 0.0598. The lowest BCUT2D eigenvalue weighted by Gasteiger charge is -2.35. The molecule has 0 unspecified atom stereocenters. The Morgan fingerprint density at radius 1 is 1.11 bits per heavy atom. The molecule has 2 fully saturated rings. The van der Waals surface area contributed by atoms with Crippen molar-refractivity contribution in [3.63, 3.8) is 0 Å². The summed E-state index contributed by atoms with van der Waals surface area (Å²) in [6.45, 7) is 8.30. The first-order valence-electron chi connectivity index (χ1n) is 10.4. The summed E-state index contributed by atoms with van der Waals surface area (Å²) in [5.41, 5.74) is 1.71. The number of carbonyl (C=O) groups is 1. The number of piperazine rings is 1. The molecular formula is C21H33N3O3S. The highest BCUT2D eigenvalue weighted by Gasteiger charge is 2.30. The van der Waals surface area contributed by atoms with Crippen molar-refractivity contribution in [2.75, 3.05) is 32.7 Å². The number of carbonyl (C=O) groups excluding carboxylic acids is 1. The highest BCUT2D eigenvalue weighted by Crippen LogP contribution is 2.24. The molecule has 1 saturated carbocycles. The minimum atomic E-state index is -3.49. The number of amides is 1. The molecule has 0 spiro atoms. The maximum Gasteiger partial charge on any atom is 0.243 e. The number of sulfonamides is 1. The van der Waals surface area contributed by atoms with E-state index < -0.39 is 10.0 Å². The van der Waals surface area contributed by atoms with Gasteiger partial charge in [0.15, 0.2) is 0 Å². The van der Waals surface area contributed by atoms with Crippen molar-refractivity contribution < 1.29 is 13.2 Å². The standard InChI is InChI=1S/C21H33N3O3S/c1-16-8-9-18(3)20(14-16)28(26,27)24-12-10-23(11-13-24)15-21(25)22-19-7-5-4-6-17(19)2/h8-9,14,17,19H,4-7,10-13,15H2,1-3H3,(H,22,25)/t17-,19+/m1/s1. The molecule has 1 aromatic carbocycles. The molecule has 28 heavy (non-hydrogen) atoms. The fourth-order valence-electron chi connectivity index (χ4n) is 4.24. The van der Waals surface area contributed by atoms with Crippen LogP contribution < -0.4 is 5.32 Å². The van der Waals surface area contributed by atoms with Gasteiger partial charge in [-0.2, -0.15) is 4.31 Å². The molecule has 1 aliphatic carbocycles. The zero-order valence-electron chi connectivity index (χ0n) is 17.3. The van der Waals surface area contributed by atoms with E-state index in [2.05, 4.69) is 17.1 Å². The lowest BCUT2D eigenvalue weighted by atomic mass is 9.86. The summed E-state index contributed by atoms with van der Waals surface area (Å²) in [5.74, 6) is 0.599. The lowest BCUT2D eigenvalue weighted by molar-refractivity contribution is -0.123. The molecule has 1 amide bonds. The van der Waals surface area contributed by atoms with Gasteiger partial charge in [-0.25, -0.2) is 8.42 Å². The molecule has 0 aromatic heterocycles. The van der Waals surface area contributed by atoms with Crippen LogP contribution in [-0.4, -0.2) is 62.3 Å². The summed E-state index contributed by atoms with van der Waals surface area (Å²) in [6.07, 6.45) is 4.68. The average Bonchev–Trinajstić information content (AvgIpc) is 2.66. The Labute approximate surface area is 169 Å². The quantitative estimate of drug-likeness (QED) is 0.813. The predicted octanol–water partition coefficient (Wildman–Crippen LogP) is 2.30. The van der Waals surface area contributed by atoms with E-state index in [1.54, 1.807) is 10.4 Å². The topological polar surface area (TPSA) is 69.7 Å². The predicted molar refractivity (Wildman–Crippen MR) is 111 cm³/mol. The molecule has 0 bridgehead atoms. The van der Waals surface area contributed by atoms with E-state index in [4.69, 9.17) is 0 Å². The van der Waals surface area contributed by atoms with E-state index in [1.807, 2.05) is 26.0 Å². The maximum atomic E-state index is 13.0. The second-order valence-corrected chi connectivity index (χ2v) is 10.3. The van der Waals surface area contributed by atoms with Gasteiger partial charge < -0.3 is 5.32 Å². The Bertz CT molecular complexity index is 801. The Kier molecular flexibility index (Phi) is 6.78. The van der Waals surface area contributed by atoms with Crippen LogP contribution in [0.4, 0.5) is 0 Å². The Balaban J connectivity index is 1.54. The van der Waals surface area contributed by atoms with E-state index in [9.17, 15) is 13.2 Å². The monoisotopic (exact) mass is 407 g/mol. The Morgan fingerprint density at radius 2 is 1.79 bits per heavy atom. The lowest BCUT2D eigenvalue weighted by Crippen LogP contribution is -2.52. The maximum absolute atomic E-state index is 13.0. The third-order valence-corrected chi connectivity index (χ3v) is 8.16. The highest BCUT2D eigenvalue weighted by molar-refractivity contribution is 7.89. The second-order valence-electron chi connectivity index (χ2n) is 8.38. The van der Waals surface area contributed by atoms with E-state index in [0.29, 0.717) is 43.5 Å². The van der Waals surface area contributed by atoms with Crippen molar-refractivity contribution in [3.8, 4) is 0 Å². The summed E-state index contributed by atoms with van der Waals surface area (Å²) in [6, 6.07) is 5.82. The molecule has 1 heterocycles. The number of hydrogen-bond acceptors (Lipinski definition) is 4. The fraction of sp³-hybridized carbons (Fsp3) is 0.667. The number of hydrogen-bond donors (Lipinski definition) is 1. The van der Waals surface area contributed by atoms with Crippen molar-refractivity contribution in [1.82, 2.24) is 14.5 Å². The zero-order chi connectivity index (χ0) is 20.3. The molecule has 1 saturated heterocycles. The van der Waals surface area contributed by atoms with Gasteiger partial charge in [0.25, 0.3) is 0 Å². The van der Waals surface area contributed by atoms with Crippen molar-refractivity contribution in [2.24, 2.45) is 5.92 Å². The zero-order valence-corrected chi connectivity index (χ0v) is 18.1. The highest BCUT2D eigenvalue weighted by atomic mass is 32.2. The van der Waals surface area contributed by atoms with Gasteiger partial charge >= 0.3 is 0 Å². The van der Waals surface area contributed by atoms with Gasteiger partial charge in [0, 0.05) is 32.2 Å². The number of benzene rings is 1. The summed E-state index contributed by atoms with van der Waals surface area (Å²) in [5, 5.41) is 3.18. The van der Waals surface area contributed by atoms with Gasteiger partial charge in [0.2, 0.25) is 15.9 Å². The summed E-state index contributed by atoms with van der Waals surface area (Å²) in [7, 11) is -3.49.